The van der Waals surface area contributed by atoms with Crippen LogP contribution in [0.3, 0.4) is 0 Å². The first kappa shape index (κ1) is 15.0. The lowest BCUT2D eigenvalue weighted by Crippen LogP contribution is -2.32. The van der Waals surface area contributed by atoms with Crippen LogP contribution in [0.15, 0.2) is 18.2 Å². The number of aryl methyl sites for hydroxylation is 2. The first-order chi connectivity index (χ1) is 8.88. The summed E-state index contributed by atoms with van der Waals surface area (Å²) < 4.78 is 5.67. The van der Waals surface area contributed by atoms with Crippen LogP contribution in [-0.4, -0.2) is 29.6 Å². The Balaban J connectivity index is 2.48. The highest BCUT2D eigenvalue weighted by molar-refractivity contribution is 5.81. The molecule has 2 N–H and O–H groups in total. The van der Waals surface area contributed by atoms with Crippen LogP contribution in [0.1, 0.15) is 24.5 Å². The van der Waals surface area contributed by atoms with Crippen LogP contribution in [0.2, 0.25) is 0 Å². The van der Waals surface area contributed by atoms with Gasteiger partial charge in [-0.1, -0.05) is 17.7 Å². The predicted molar refractivity (Wildman–Crippen MR) is 71.3 cm³/mol. The summed E-state index contributed by atoms with van der Waals surface area (Å²) in [5.74, 6) is -0.653. The summed E-state index contributed by atoms with van der Waals surface area (Å²) in [5, 5.41) is 10.8. The number of hydrogen-bond acceptors (Lipinski definition) is 3. The van der Waals surface area contributed by atoms with Crippen LogP contribution >= 0.6 is 0 Å². The summed E-state index contributed by atoms with van der Waals surface area (Å²) >= 11 is 0. The second-order valence-corrected chi connectivity index (χ2v) is 4.57. The Morgan fingerprint density at radius 3 is 2.63 bits per heavy atom. The van der Waals surface area contributed by atoms with Crippen molar-refractivity contribution in [3.63, 3.8) is 0 Å². The summed E-state index contributed by atoms with van der Waals surface area (Å²) in [5.41, 5.74) is 2.16. The molecule has 0 aliphatic heterocycles. The summed E-state index contributed by atoms with van der Waals surface area (Å²) in [6, 6.07) is 5.82. The van der Waals surface area contributed by atoms with E-state index in [4.69, 9.17) is 9.84 Å². The van der Waals surface area contributed by atoms with Gasteiger partial charge in [-0.2, -0.15) is 0 Å². The SMILES string of the molecule is Cc1ccc(OC(C)CC(=O)NCC(=O)O)c(C)c1. The number of carboxylic acids is 1. The molecule has 0 saturated heterocycles. The van der Waals surface area contributed by atoms with Gasteiger partial charge in [0.2, 0.25) is 5.91 Å². The highest BCUT2D eigenvalue weighted by atomic mass is 16.5. The Bertz CT molecular complexity index is 471. The van der Waals surface area contributed by atoms with Gasteiger partial charge < -0.3 is 15.2 Å². The van der Waals surface area contributed by atoms with E-state index in [2.05, 4.69) is 5.32 Å². The molecule has 0 fully saturated rings. The smallest absolute Gasteiger partial charge is 0.322 e. The number of carbonyl (C=O) groups is 2. The Labute approximate surface area is 112 Å². The molecule has 1 atom stereocenters. The van der Waals surface area contributed by atoms with Crippen LogP contribution in [0.5, 0.6) is 5.75 Å². The lowest BCUT2D eigenvalue weighted by Gasteiger charge is -2.16. The highest BCUT2D eigenvalue weighted by Crippen LogP contribution is 2.20. The summed E-state index contributed by atoms with van der Waals surface area (Å²) in [7, 11) is 0. The number of benzene rings is 1. The fraction of sp³-hybridized carbons (Fsp3) is 0.429. The lowest BCUT2D eigenvalue weighted by molar-refractivity contribution is -0.138. The number of rotatable bonds is 6. The normalized spacial score (nSPS) is 11.7. The van der Waals surface area contributed by atoms with Gasteiger partial charge in [0, 0.05) is 0 Å². The van der Waals surface area contributed by atoms with Gasteiger partial charge in [-0.3, -0.25) is 9.59 Å². The quantitative estimate of drug-likeness (QED) is 0.820. The number of ether oxygens (including phenoxy) is 1. The summed E-state index contributed by atoms with van der Waals surface area (Å²) in [4.78, 5) is 21.7. The second-order valence-electron chi connectivity index (χ2n) is 4.57. The van der Waals surface area contributed by atoms with Crippen molar-refractivity contribution in [3.05, 3.63) is 29.3 Å². The van der Waals surface area contributed by atoms with E-state index in [1.54, 1.807) is 6.92 Å². The molecule has 0 aliphatic rings. The molecule has 19 heavy (non-hydrogen) atoms. The van der Waals surface area contributed by atoms with Gasteiger partial charge in [-0.05, 0) is 32.4 Å². The van der Waals surface area contributed by atoms with Crippen LogP contribution in [0, 0.1) is 13.8 Å². The third kappa shape index (κ3) is 5.42. The Hall–Kier alpha value is -2.04. The standard InChI is InChI=1S/C14H19NO4/c1-9-4-5-12(10(2)6-9)19-11(3)7-13(16)15-8-14(17)18/h4-6,11H,7-8H2,1-3H3,(H,15,16)(H,17,18). The highest BCUT2D eigenvalue weighted by Gasteiger charge is 2.12. The molecule has 0 aromatic heterocycles. The van der Waals surface area contributed by atoms with E-state index in [0.717, 1.165) is 16.9 Å². The van der Waals surface area contributed by atoms with Crippen LogP contribution in [-0.2, 0) is 9.59 Å². The molecule has 5 heteroatoms. The fourth-order valence-electron chi connectivity index (χ4n) is 1.70. The number of carboxylic acid groups (broad SMARTS) is 1. The minimum Gasteiger partial charge on any atom is -0.490 e. The largest absolute Gasteiger partial charge is 0.490 e. The first-order valence-corrected chi connectivity index (χ1v) is 6.11. The first-order valence-electron chi connectivity index (χ1n) is 6.11. The van der Waals surface area contributed by atoms with Crippen molar-refractivity contribution < 1.29 is 19.4 Å². The average molecular weight is 265 g/mol. The monoisotopic (exact) mass is 265 g/mol. The molecule has 1 unspecified atom stereocenters. The number of nitrogens with one attached hydrogen (secondary N) is 1. The molecular weight excluding hydrogens is 246 g/mol. The predicted octanol–water partition coefficient (Wildman–Crippen LogP) is 1.66. The van der Waals surface area contributed by atoms with Crippen molar-refractivity contribution in [2.45, 2.75) is 33.3 Å². The average Bonchev–Trinajstić information content (AvgIpc) is 2.30. The molecule has 1 aromatic rings. The van der Waals surface area contributed by atoms with Gasteiger partial charge in [0.05, 0.1) is 6.42 Å². The molecule has 0 radical (unpaired) electrons. The molecule has 5 nitrogen and oxygen atoms in total. The zero-order valence-electron chi connectivity index (χ0n) is 11.4. The maximum atomic E-state index is 11.4. The van der Waals surface area contributed by atoms with E-state index >= 15 is 0 Å². The molecule has 1 rings (SSSR count). The third-order valence-electron chi connectivity index (χ3n) is 2.57. The van der Waals surface area contributed by atoms with Gasteiger partial charge in [-0.15, -0.1) is 0 Å². The molecular formula is C14H19NO4. The second kappa shape index (κ2) is 6.78. The van der Waals surface area contributed by atoms with E-state index in [1.165, 1.54) is 0 Å². The minimum atomic E-state index is -1.06. The maximum absolute atomic E-state index is 11.4. The maximum Gasteiger partial charge on any atom is 0.322 e. The fourth-order valence-corrected chi connectivity index (χ4v) is 1.70. The van der Waals surface area contributed by atoms with Crippen LogP contribution in [0.25, 0.3) is 0 Å². The molecule has 0 bridgehead atoms. The topological polar surface area (TPSA) is 75.6 Å². The van der Waals surface area contributed by atoms with Gasteiger partial charge in [0.25, 0.3) is 0 Å². The summed E-state index contributed by atoms with van der Waals surface area (Å²) in [6.45, 7) is 5.36. The van der Waals surface area contributed by atoms with Crippen molar-refractivity contribution >= 4 is 11.9 Å². The van der Waals surface area contributed by atoms with E-state index in [9.17, 15) is 9.59 Å². The van der Waals surface area contributed by atoms with Crippen molar-refractivity contribution in [1.82, 2.24) is 5.32 Å². The van der Waals surface area contributed by atoms with Gasteiger partial charge in [0.15, 0.2) is 0 Å². The van der Waals surface area contributed by atoms with Crippen LogP contribution in [0.4, 0.5) is 0 Å². The van der Waals surface area contributed by atoms with E-state index in [-0.39, 0.29) is 25.0 Å². The molecule has 1 amide bonds. The van der Waals surface area contributed by atoms with Crippen LogP contribution < -0.4 is 10.1 Å². The lowest BCUT2D eigenvalue weighted by atomic mass is 10.1. The number of aliphatic carboxylic acids is 1. The Morgan fingerprint density at radius 1 is 1.37 bits per heavy atom. The zero-order valence-corrected chi connectivity index (χ0v) is 11.4. The number of carbonyl (C=O) groups excluding carboxylic acids is 1. The zero-order chi connectivity index (χ0) is 14.4. The molecule has 0 saturated carbocycles. The summed E-state index contributed by atoms with van der Waals surface area (Å²) in [6.07, 6.45) is -0.184. The van der Waals surface area contributed by atoms with Gasteiger partial charge in [0.1, 0.15) is 18.4 Å². The van der Waals surface area contributed by atoms with E-state index in [1.807, 2.05) is 32.0 Å². The molecule has 104 valence electrons. The molecule has 0 heterocycles. The van der Waals surface area contributed by atoms with Crippen molar-refractivity contribution in [2.75, 3.05) is 6.54 Å². The van der Waals surface area contributed by atoms with Gasteiger partial charge in [-0.25, -0.2) is 0 Å². The van der Waals surface area contributed by atoms with Crippen molar-refractivity contribution in [2.24, 2.45) is 0 Å². The van der Waals surface area contributed by atoms with E-state index in [0.29, 0.717) is 0 Å². The molecule has 1 aromatic carbocycles. The van der Waals surface area contributed by atoms with Crippen molar-refractivity contribution in [3.8, 4) is 5.75 Å². The molecule has 0 aliphatic carbocycles. The van der Waals surface area contributed by atoms with Crippen molar-refractivity contribution in [1.29, 1.82) is 0 Å². The Morgan fingerprint density at radius 2 is 2.05 bits per heavy atom. The Kier molecular flexibility index (Phi) is 5.36. The number of hydrogen-bond donors (Lipinski definition) is 2. The van der Waals surface area contributed by atoms with Gasteiger partial charge >= 0.3 is 5.97 Å². The molecule has 0 spiro atoms. The third-order valence-corrected chi connectivity index (χ3v) is 2.57. The van der Waals surface area contributed by atoms with E-state index < -0.39 is 5.97 Å². The minimum absolute atomic E-state index is 0.126. The number of amides is 1.